The van der Waals surface area contributed by atoms with Gasteiger partial charge < -0.3 is 0 Å². The van der Waals surface area contributed by atoms with Gasteiger partial charge in [-0.25, -0.2) is 4.67 Å². The first-order chi connectivity index (χ1) is 5.73. The summed E-state index contributed by atoms with van der Waals surface area (Å²) in [6.45, 7) is 4.28. The predicted molar refractivity (Wildman–Crippen MR) is 61.5 cm³/mol. The molecule has 0 radical (unpaired) electrons. The Morgan fingerprint density at radius 3 is 1.62 bits per heavy atom. The van der Waals surface area contributed by atoms with Crippen LogP contribution in [0.2, 0.25) is 0 Å². The molecular weight excluding hydrogens is 275 g/mol. The topological polar surface area (TPSA) is 20.3 Å². The van der Waals surface area contributed by atoms with E-state index in [9.17, 15) is 4.57 Å². The summed E-state index contributed by atoms with van der Waals surface area (Å²) in [5.74, 6) is -3.27. The van der Waals surface area contributed by atoms with Gasteiger partial charge in [-0.3, -0.25) is 4.57 Å². The molecule has 2 nitrogen and oxygen atoms in total. The Bertz CT molecular complexity index is 183. The summed E-state index contributed by atoms with van der Waals surface area (Å²) in [6.07, 6.45) is 0. The molecular formula is C6H12Cl4NOP. The Morgan fingerprint density at radius 2 is 1.46 bits per heavy atom. The minimum atomic E-state index is -3.27. The van der Waals surface area contributed by atoms with Crippen molar-refractivity contribution in [1.82, 2.24) is 4.67 Å². The van der Waals surface area contributed by atoms with Crippen LogP contribution in [-0.4, -0.2) is 28.5 Å². The largest absolute Gasteiger partial charge is 0.322 e. The minimum Gasteiger partial charge on any atom is -0.271 e. The quantitative estimate of drug-likeness (QED) is 0.559. The van der Waals surface area contributed by atoms with Gasteiger partial charge in [0.25, 0.3) is 0 Å². The highest BCUT2D eigenvalue weighted by Crippen LogP contribution is 2.60. The molecule has 0 aliphatic heterocycles. The maximum Gasteiger partial charge on any atom is 0.322 e. The van der Waals surface area contributed by atoms with E-state index in [4.69, 9.17) is 45.7 Å². The van der Waals surface area contributed by atoms with Crippen molar-refractivity contribution in [2.24, 2.45) is 0 Å². The zero-order valence-electron chi connectivity index (χ0n) is 7.38. The third-order valence-electron chi connectivity index (χ3n) is 1.25. The van der Waals surface area contributed by atoms with Crippen molar-refractivity contribution in [2.45, 2.75) is 24.6 Å². The van der Waals surface area contributed by atoms with E-state index in [0.29, 0.717) is 13.1 Å². The van der Waals surface area contributed by atoms with Crippen LogP contribution in [0.25, 0.3) is 0 Å². The molecule has 0 fully saturated rings. The lowest BCUT2D eigenvalue weighted by Gasteiger charge is -2.24. The summed E-state index contributed by atoms with van der Waals surface area (Å²) in [5.41, 5.74) is 0. The maximum absolute atomic E-state index is 11.3. The number of hydrogen-bond acceptors (Lipinski definition) is 1. The van der Waals surface area contributed by atoms with E-state index in [1.807, 2.05) is 0 Å². The summed E-state index contributed by atoms with van der Waals surface area (Å²) >= 11 is 22.5. The van der Waals surface area contributed by atoms with Gasteiger partial charge >= 0.3 is 6.00 Å². The minimum absolute atomic E-state index is 0.166. The lowest BCUT2D eigenvalue weighted by molar-refractivity contribution is 0.431. The summed E-state index contributed by atoms with van der Waals surface area (Å²) in [4.78, 5) is 0. The highest BCUT2D eigenvalue weighted by molar-refractivity contribution is 8.06. The second kappa shape index (κ2) is 6.05. The number of halogens is 4. The van der Waals surface area contributed by atoms with Gasteiger partial charge in [0, 0.05) is 23.8 Å². The summed E-state index contributed by atoms with van der Waals surface area (Å²) < 4.78 is 12.7. The van der Waals surface area contributed by atoms with Crippen LogP contribution in [0.15, 0.2) is 0 Å². The SMILES string of the molecule is CC(Cl)CN(CC(C)Cl)P(=O)(Cl)Cl. The van der Waals surface area contributed by atoms with E-state index < -0.39 is 6.00 Å². The molecule has 0 aliphatic carbocycles. The second-order valence-electron chi connectivity index (χ2n) is 2.87. The molecule has 0 aromatic heterocycles. The van der Waals surface area contributed by atoms with E-state index in [0.717, 1.165) is 0 Å². The molecule has 0 rings (SSSR count). The van der Waals surface area contributed by atoms with Gasteiger partial charge in [0.05, 0.1) is 0 Å². The molecule has 0 aromatic carbocycles. The summed E-state index contributed by atoms with van der Waals surface area (Å²) in [7, 11) is 0. The van der Waals surface area contributed by atoms with Crippen molar-refractivity contribution in [1.29, 1.82) is 0 Å². The zero-order valence-corrected chi connectivity index (χ0v) is 11.3. The third-order valence-corrected chi connectivity index (χ3v) is 3.80. The maximum atomic E-state index is 11.3. The molecule has 0 spiro atoms. The Morgan fingerprint density at radius 1 is 1.15 bits per heavy atom. The van der Waals surface area contributed by atoms with E-state index in [1.54, 1.807) is 13.8 Å². The fourth-order valence-corrected chi connectivity index (χ4v) is 2.98. The zero-order chi connectivity index (χ0) is 10.6. The van der Waals surface area contributed by atoms with Crippen molar-refractivity contribution in [3.05, 3.63) is 0 Å². The van der Waals surface area contributed by atoms with Gasteiger partial charge in [-0.2, -0.15) is 0 Å². The normalized spacial score (nSPS) is 17.5. The van der Waals surface area contributed by atoms with Gasteiger partial charge in [0.2, 0.25) is 0 Å². The van der Waals surface area contributed by atoms with Crippen LogP contribution in [-0.2, 0) is 4.57 Å². The van der Waals surface area contributed by atoms with E-state index in [2.05, 4.69) is 0 Å². The molecule has 13 heavy (non-hydrogen) atoms. The van der Waals surface area contributed by atoms with Crippen LogP contribution in [0.1, 0.15) is 13.8 Å². The fraction of sp³-hybridized carbons (Fsp3) is 1.00. The molecule has 0 aromatic rings. The van der Waals surface area contributed by atoms with Gasteiger partial charge in [0.1, 0.15) is 0 Å². The van der Waals surface area contributed by atoms with Crippen molar-refractivity contribution < 1.29 is 4.57 Å². The van der Waals surface area contributed by atoms with Crippen molar-refractivity contribution in [3.63, 3.8) is 0 Å². The van der Waals surface area contributed by atoms with Gasteiger partial charge in [0.15, 0.2) is 0 Å². The average Bonchev–Trinajstić information content (AvgIpc) is 1.81. The first-order valence-corrected chi connectivity index (χ1v) is 8.10. The average molecular weight is 287 g/mol. The molecule has 0 amide bonds. The van der Waals surface area contributed by atoms with Crippen LogP contribution < -0.4 is 0 Å². The third kappa shape index (κ3) is 7.30. The second-order valence-corrected chi connectivity index (χ2v) is 9.06. The highest BCUT2D eigenvalue weighted by atomic mass is 35.9. The Kier molecular flexibility index (Phi) is 6.68. The van der Waals surface area contributed by atoms with Crippen LogP contribution in [0.4, 0.5) is 0 Å². The smallest absolute Gasteiger partial charge is 0.271 e. The molecule has 0 heterocycles. The van der Waals surface area contributed by atoms with Crippen molar-refractivity contribution in [2.75, 3.05) is 13.1 Å². The molecule has 0 saturated heterocycles. The molecule has 0 aliphatic rings. The van der Waals surface area contributed by atoms with Gasteiger partial charge in [-0.15, -0.1) is 23.2 Å². The Labute approximate surface area is 98.5 Å². The van der Waals surface area contributed by atoms with Crippen molar-refractivity contribution in [3.8, 4) is 0 Å². The van der Waals surface area contributed by atoms with Gasteiger partial charge in [-0.1, -0.05) is 0 Å². The Balaban J connectivity index is 4.29. The van der Waals surface area contributed by atoms with E-state index in [-0.39, 0.29) is 10.8 Å². The first kappa shape index (κ1) is 14.3. The molecule has 0 N–H and O–H groups in total. The van der Waals surface area contributed by atoms with Crippen LogP contribution >= 0.6 is 51.7 Å². The first-order valence-electron chi connectivity index (χ1n) is 3.76. The van der Waals surface area contributed by atoms with Gasteiger partial charge in [-0.05, 0) is 36.3 Å². The molecule has 0 bridgehead atoms. The van der Waals surface area contributed by atoms with E-state index in [1.165, 1.54) is 4.67 Å². The number of rotatable bonds is 5. The fourth-order valence-electron chi connectivity index (χ4n) is 0.845. The molecule has 7 heteroatoms. The number of alkyl halides is 2. The molecule has 0 saturated carbocycles. The van der Waals surface area contributed by atoms with Crippen LogP contribution in [0, 0.1) is 0 Å². The summed E-state index contributed by atoms with van der Waals surface area (Å²) in [5, 5.41) is -0.331. The predicted octanol–water partition coefficient (Wildman–Crippen LogP) is 4.13. The van der Waals surface area contributed by atoms with Crippen LogP contribution in [0.3, 0.4) is 0 Å². The number of hydrogen-bond donors (Lipinski definition) is 0. The molecule has 2 atom stereocenters. The lowest BCUT2D eigenvalue weighted by Crippen LogP contribution is -2.28. The highest BCUT2D eigenvalue weighted by Gasteiger charge is 2.27. The summed E-state index contributed by atoms with van der Waals surface area (Å²) in [6, 6.07) is 0. The standard InChI is InChI=1S/C6H12Cl4NOP/c1-5(7)3-11(4-6(2)8)13(9,10)12/h5-6H,3-4H2,1-2H3. The number of nitrogens with zero attached hydrogens (tertiary/aromatic N) is 1. The Hall–Kier alpha value is 1.35. The lowest BCUT2D eigenvalue weighted by atomic mass is 10.4. The van der Waals surface area contributed by atoms with Crippen molar-refractivity contribution >= 4 is 51.7 Å². The van der Waals surface area contributed by atoms with E-state index >= 15 is 0 Å². The van der Waals surface area contributed by atoms with Crippen LogP contribution in [0.5, 0.6) is 0 Å². The monoisotopic (exact) mass is 285 g/mol. The molecule has 2 unspecified atom stereocenters. The molecule has 80 valence electrons.